The standard InChI is InChI=1S/C13H15NO5/c1-10(7-8-18-11(2)15)9-19-13-5-3-12(4-6-13)14(16)17/h3-7H,8-9H2,1-2H3/b10-7+. The highest BCUT2D eigenvalue weighted by atomic mass is 16.6. The lowest BCUT2D eigenvalue weighted by Gasteiger charge is -2.06. The first-order chi connectivity index (χ1) is 8.99. The number of hydrogen-bond acceptors (Lipinski definition) is 5. The molecule has 6 heteroatoms. The van der Waals surface area contributed by atoms with Crippen molar-refractivity contribution >= 4 is 11.7 Å². The molecule has 0 aromatic heterocycles. The van der Waals surface area contributed by atoms with Crippen molar-refractivity contribution in [2.45, 2.75) is 13.8 Å². The molecule has 19 heavy (non-hydrogen) atoms. The first kappa shape index (κ1) is 14.7. The Morgan fingerprint density at radius 1 is 1.32 bits per heavy atom. The number of nitro groups is 1. The van der Waals surface area contributed by atoms with Crippen LogP contribution in [0, 0.1) is 10.1 Å². The van der Waals surface area contributed by atoms with E-state index in [0.717, 1.165) is 5.57 Å². The largest absolute Gasteiger partial charge is 0.489 e. The minimum Gasteiger partial charge on any atom is -0.489 e. The van der Waals surface area contributed by atoms with Gasteiger partial charge >= 0.3 is 5.97 Å². The Morgan fingerprint density at radius 2 is 1.95 bits per heavy atom. The molecular weight excluding hydrogens is 250 g/mol. The van der Waals surface area contributed by atoms with Crippen LogP contribution in [0.25, 0.3) is 0 Å². The van der Waals surface area contributed by atoms with Crippen molar-refractivity contribution in [3.05, 3.63) is 46.0 Å². The molecule has 0 spiro atoms. The molecule has 0 unspecified atom stereocenters. The summed E-state index contributed by atoms with van der Waals surface area (Å²) < 4.78 is 10.2. The maximum absolute atomic E-state index is 10.6. The van der Waals surface area contributed by atoms with Crippen LogP contribution >= 0.6 is 0 Å². The van der Waals surface area contributed by atoms with E-state index in [4.69, 9.17) is 9.47 Å². The number of benzene rings is 1. The first-order valence-corrected chi connectivity index (χ1v) is 5.65. The quantitative estimate of drug-likeness (QED) is 0.341. The Morgan fingerprint density at radius 3 is 2.47 bits per heavy atom. The van der Waals surface area contributed by atoms with Gasteiger partial charge in [0.1, 0.15) is 19.0 Å². The molecule has 0 radical (unpaired) electrons. The van der Waals surface area contributed by atoms with Gasteiger partial charge in [-0.15, -0.1) is 0 Å². The molecule has 0 atom stereocenters. The van der Waals surface area contributed by atoms with E-state index in [1.807, 2.05) is 6.92 Å². The number of carbonyl (C=O) groups excluding carboxylic acids is 1. The molecule has 0 amide bonds. The predicted molar refractivity (Wildman–Crippen MR) is 69.0 cm³/mol. The van der Waals surface area contributed by atoms with Crippen LogP contribution in [-0.4, -0.2) is 24.1 Å². The monoisotopic (exact) mass is 265 g/mol. The second kappa shape index (κ2) is 7.15. The van der Waals surface area contributed by atoms with E-state index in [-0.39, 0.29) is 18.3 Å². The molecule has 0 aliphatic rings. The van der Waals surface area contributed by atoms with Gasteiger partial charge in [0, 0.05) is 19.1 Å². The van der Waals surface area contributed by atoms with E-state index in [0.29, 0.717) is 12.4 Å². The third kappa shape index (κ3) is 5.67. The van der Waals surface area contributed by atoms with E-state index in [9.17, 15) is 14.9 Å². The molecule has 0 bridgehead atoms. The Balaban J connectivity index is 2.43. The number of non-ortho nitro benzene ring substituents is 1. The summed E-state index contributed by atoms with van der Waals surface area (Å²) in [5, 5.41) is 10.5. The van der Waals surface area contributed by atoms with Gasteiger partial charge in [-0.3, -0.25) is 14.9 Å². The van der Waals surface area contributed by atoms with E-state index in [1.165, 1.54) is 31.2 Å². The van der Waals surface area contributed by atoms with E-state index in [2.05, 4.69) is 0 Å². The summed E-state index contributed by atoms with van der Waals surface area (Å²) in [5.74, 6) is 0.214. The number of nitrogens with zero attached hydrogens (tertiary/aromatic N) is 1. The summed E-state index contributed by atoms with van der Waals surface area (Å²) in [6.07, 6.45) is 1.74. The fourth-order valence-electron chi connectivity index (χ4n) is 1.22. The topological polar surface area (TPSA) is 78.7 Å². The van der Waals surface area contributed by atoms with Gasteiger partial charge in [-0.05, 0) is 30.7 Å². The van der Waals surface area contributed by atoms with Gasteiger partial charge in [-0.1, -0.05) is 0 Å². The second-order valence-corrected chi connectivity index (χ2v) is 3.89. The zero-order valence-corrected chi connectivity index (χ0v) is 10.8. The normalized spacial score (nSPS) is 10.9. The molecule has 1 aromatic carbocycles. The highest BCUT2D eigenvalue weighted by Gasteiger charge is 2.04. The van der Waals surface area contributed by atoms with Crippen molar-refractivity contribution in [3.8, 4) is 5.75 Å². The van der Waals surface area contributed by atoms with Crippen LogP contribution in [0.15, 0.2) is 35.9 Å². The van der Waals surface area contributed by atoms with Crippen molar-refractivity contribution in [2.75, 3.05) is 13.2 Å². The minimum atomic E-state index is -0.464. The average Bonchev–Trinajstić information content (AvgIpc) is 2.36. The zero-order chi connectivity index (χ0) is 14.3. The summed E-state index contributed by atoms with van der Waals surface area (Å²) >= 11 is 0. The number of hydrogen-bond donors (Lipinski definition) is 0. The van der Waals surface area contributed by atoms with Gasteiger partial charge < -0.3 is 9.47 Å². The summed E-state index contributed by atoms with van der Waals surface area (Å²) in [6.45, 7) is 3.73. The molecule has 0 heterocycles. The Labute approximate surface area is 110 Å². The highest BCUT2D eigenvalue weighted by molar-refractivity contribution is 5.66. The molecule has 0 saturated carbocycles. The summed E-state index contributed by atoms with van der Waals surface area (Å²) in [5.41, 5.74) is 0.925. The van der Waals surface area contributed by atoms with Crippen molar-refractivity contribution in [1.82, 2.24) is 0 Å². The van der Waals surface area contributed by atoms with Crippen LogP contribution in [0.3, 0.4) is 0 Å². The van der Waals surface area contributed by atoms with Crippen LogP contribution < -0.4 is 4.74 Å². The van der Waals surface area contributed by atoms with Gasteiger partial charge in [0.2, 0.25) is 0 Å². The van der Waals surface area contributed by atoms with Gasteiger partial charge in [0.05, 0.1) is 4.92 Å². The lowest BCUT2D eigenvalue weighted by molar-refractivity contribution is -0.384. The SMILES string of the molecule is CC(=O)OC/C=C(\C)COc1ccc([N+](=O)[O-])cc1. The van der Waals surface area contributed by atoms with Gasteiger partial charge in [-0.2, -0.15) is 0 Å². The van der Waals surface area contributed by atoms with Crippen LogP contribution in [0.5, 0.6) is 5.75 Å². The molecule has 102 valence electrons. The third-order valence-corrected chi connectivity index (χ3v) is 2.23. The average molecular weight is 265 g/mol. The smallest absolute Gasteiger partial charge is 0.302 e. The lowest BCUT2D eigenvalue weighted by Crippen LogP contribution is -2.02. The number of esters is 1. The molecule has 6 nitrogen and oxygen atoms in total. The molecule has 0 aliphatic carbocycles. The van der Waals surface area contributed by atoms with Crippen molar-refractivity contribution < 1.29 is 19.2 Å². The molecule has 0 fully saturated rings. The molecule has 0 aliphatic heterocycles. The molecular formula is C13H15NO5. The van der Waals surface area contributed by atoms with Crippen LogP contribution in [-0.2, 0) is 9.53 Å². The fourth-order valence-corrected chi connectivity index (χ4v) is 1.22. The van der Waals surface area contributed by atoms with Gasteiger partial charge in [-0.25, -0.2) is 0 Å². The third-order valence-electron chi connectivity index (χ3n) is 2.23. The van der Waals surface area contributed by atoms with Gasteiger partial charge in [0.25, 0.3) is 5.69 Å². The van der Waals surface area contributed by atoms with Crippen molar-refractivity contribution in [3.63, 3.8) is 0 Å². The zero-order valence-electron chi connectivity index (χ0n) is 10.8. The van der Waals surface area contributed by atoms with Crippen molar-refractivity contribution in [2.24, 2.45) is 0 Å². The number of rotatable bonds is 6. The van der Waals surface area contributed by atoms with Crippen molar-refractivity contribution in [1.29, 1.82) is 0 Å². The van der Waals surface area contributed by atoms with Crippen LogP contribution in [0.1, 0.15) is 13.8 Å². The molecule has 0 saturated heterocycles. The Bertz CT molecular complexity index is 478. The Hall–Kier alpha value is -2.37. The van der Waals surface area contributed by atoms with E-state index in [1.54, 1.807) is 6.08 Å². The molecule has 1 aromatic rings. The minimum absolute atomic E-state index is 0.0227. The van der Waals surface area contributed by atoms with Crippen LogP contribution in [0.4, 0.5) is 5.69 Å². The van der Waals surface area contributed by atoms with Crippen LogP contribution in [0.2, 0.25) is 0 Å². The lowest BCUT2D eigenvalue weighted by atomic mass is 10.3. The Kier molecular flexibility index (Phi) is 5.53. The van der Waals surface area contributed by atoms with E-state index < -0.39 is 4.92 Å². The maximum Gasteiger partial charge on any atom is 0.302 e. The van der Waals surface area contributed by atoms with Gasteiger partial charge in [0.15, 0.2) is 0 Å². The fraction of sp³-hybridized carbons (Fsp3) is 0.308. The molecule has 1 rings (SSSR count). The predicted octanol–water partition coefficient (Wildman–Crippen LogP) is 2.48. The molecule has 0 N–H and O–H groups in total. The number of nitro benzene ring substituents is 1. The number of carbonyl (C=O) groups is 1. The highest BCUT2D eigenvalue weighted by Crippen LogP contribution is 2.17. The summed E-state index contributed by atoms with van der Waals surface area (Å²) in [7, 11) is 0. The first-order valence-electron chi connectivity index (χ1n) is 5.65. The second-order valence-electron chi connectivity index (χ2n) is 3.89. The van der Waals surface area contributed by atoms with E-state index >= 15 is 0 Å². The summed E-state index contributed by atoms with van der Waals surface area (Å²) in [4.78, 5) is 20.6. The number of ether oxygens (including phenoxy) is 2. The summed E-state index contributed by atoms with van der Waals surface area (Å²) in [6, 6.07) is 5.84. The maximum atomic E-state index is 10.6.